The van der Waals surface area contributed by atoms with Gasteiger partial charge in [-0.05, 0) is 12.1 Å². The minimum Gasteiger partial charge on any atom is -0.497 e. The zero-order valence-corrected chi connectivity index (χ0v) is 12.6. The summed E-state index contributed by atoms with van der Waals surface area (Å²) >= 11 is 0. The molecule has 1 aliphatic heterocycles. The van der Waals surface area contributed by atoms with Crippen molar-refractivity contribution in [3.63, 3.8) is 0 Å². The van der Waals surface area contributed by atoms with Gasteiger partial charge in [0.25, 0.3) is 0 Å². The Hall–Kier alpha value is -1.56. The molecule has 1 atom stereocenters. The summed E-state index contributed by atoms with van der Waals surface area (Å²) in [7, 11) is 3.24. The Balaban J connectivity index is 1.95. The van der Waals surface area contributed by atoms with E-state index in [0.717, 1.165) is 43.4 Å². The summed E-state index contributed by atoms with van der Waals surface area (Å²) < 4.78 is 15.8. The van der Waals surface area contributed by atoms with Crippen LogP contribution in [0.25, 0.3) is 6.08 Å². The van der Waals surface area contributed by atoms with Crippen LogP contribution in [-0.2, 0) is 4.74 Å². The number of ether oxygens (including phenoxy) is 3. The maximum absolute atomic E-state index is 10.1. The van der Waals surface area contributed by atoms with Crippen LogP contribution in [-0.4, -0.2) is 63.2 Å². The second kappa shape index (κ2) is 8.02. The molecule has 0 saturated carbocycles. The molecule has 1 aromatic carbocycles. The summed E-state index contributed by atoms with van der Waals surface area (Å²) in [5, 5.41) is 10.1. The maximum Gasteiger partial charge on any atom is 0.129 e. The lowest BCUT2D eigenvalue weighted by Gasteiger charge is -2.27. The molecule has 1 aliphatic rings. The van der Waals surface area contributed by atoms with E-state index in [9.17, 15) is 5.11 Å². The van der Waals surface area contributed by atoms with Gasteiger partial charge in [-0.15, -0.1) is 0 Å². The van der Waals surface area contributed by atoms with Crippen molar-refractivity contribution < 1.29 is 19.3 Å². The maximum atomic E-state index is 10.1. The largest absolute Gasteiger partial charge is 0.497 e. The van der Waals surface area contributed by atoms with Crippen molar-refractivity contribution in [3.05, 3.63) is 29.8 Å². The number of morpholine rings is 1. The Labute approximate surface area is 125 Å². The van der Waals surface area contributed by atoms with Crippen LogP contribution in [0, 0.1) is 0 Å². The molecule has 0 amide bonds. The molecular weight excluding hydrogens is 270 g/mol. The van der Waals surface area contributed by atoms with Crippen LogP contribution in [0.3, 0.4) is 0 Å². The molecule has 0 spiro atoms. The molecule has 2 rings (SSSR count). The number of hydrogen-bond donors (Lipinski definition) is 1. The van der Waals surface area contributed by atoms with E-state index < -0.39 is 6.10 Å². The van der Waals surface area contributed by atoms with Crippen molar-refractivity contribution in [3.8, 4) is 11.5 Å². The quantitative estimate of drug-likeness (QED) is 0.859. The van der Waals surface area contributed by atoms with Gasteiger partial charge in [-0.1, -0.05) is 12.2 Å². The van der Waals surface area contributed by atoms with E-state index in [1.165, 1.54) is 0 Å². The van der Waals surface area contributed by atoms with Crippen LogP contribution >= 0.6 is 0 Å². The highest BCUT2D eigenvalue weighted by molar-refractivity contribution is 5.59. The fourth-order valence-electron chi connectivity index (χ4n) is 2.28. The third-order valence-corrected chi connectivity index (χ3v) is 3.49. The van der Waals surface area contributed by atoms with Gasteiger partial charge in [0, 0.05) is 31.3 Å². The zero-order chi connectivity index (χ0) is 15.1. The third kappa shape index (κ3) is 4.74. The number of nitrogens with zero attached hydrogens (tertiary/aromatic N) is 1. The van der Waals surface area contributed by atoms with Crippen molar-refractivity contribution in [2.24, 2.45) is 0 Å². The molecule has 1 fully saturated rings. The van der Waals surface area contributed by atoms with Gasteiger partial charge in [0.2, 0.25) is 0 Å². The molecule has 0 aromatic heterocycles. The van der Waals surface area contributed by atoms with Crippen LogP contribution < -0.4 is 9.47 Å². The van der Waals surface area contributed by atoms with Gasteiger partial charge in [0.05, 0.1) is 33.5 Å². The van der Waals surface area contributed by atoms with E-state index in [1.807, 2.05) is 24.3 Å². The van der Waals surface area contributed by atoms with Crippen molar-refractivity contribution >= 4 is 6.08 Å². The molecule has 116 valence electrons. The second-order valence-corrected chi connectivity index (χ2v) is 4.95. The van der Waals surface area contributed by atoms with Crippen LogP contribution in [0.2, 0.25) is 0 Å². The predicted octanol–water partition coefficient (Wildman–Crippen LogP) is 1.41. The molecular formula is C16H23NO4. The number of rotatable bonds is 6. The Kier molecular flexibility index (Phi) is 6.04. The Morgan fingerprint density at radius 1 is 1.29 bits per heavy atom. The van der Waals surface area contributed by atoms with Gasteiger partial charge in [-0.3, -0.25) is 4.90 Å². The highest BCUT2D eigenvalue weighted by atomic mass is 16.5. The van der Waals surface area contributed by atoms with E-state index in [-0.39, 0.29) is 0 Å². The second-order valence-electron chi connectivity index (χ2n) is 4.95. The lowest BCUT2D eigenvalue weighted by atomic mass is 10.1. The monoisotopic (exact) mass is 293 g/mol. The fourth-order valence-corrected chi connectivity index (χ4v) is 2.28. The van der Waals surface area contributed by atoms with Crippen molar-refractivity contribution in [1.29, 1.82) is 0 Å². The molecule has 0 aliphatic carbocycles. The number of β-amino-alcohol motifs (C(OH)–C–C–N with tert-alkyl or cyclic N) is 1. The van der Waals surface area contributed by atoms with Gasteiger partial charge in [-0.25, -0.2) is 0 Å². The van der Waals surface area contributed by atoms with Crippen LogP contribution in [0.4, 0.5) is 0 Å². The van der Waals surface area contributed by atoms with Crippen molar-refractivity contribution in [2.75, 3.05) is 47.1 Å². The minimum atomic E-state index is -0.505. The van der Waals surface area contributed by atoms with Gasteiger partial charge in [0.15, 0.2) is 0 Å². The lowest BCUT2D eigenvalue weighted by molar-refractivity contribution is 0.0223. The van der Waals surface area contributed by atoms with Gasteiger partial charge in [0.1, 0.15) is 11.5 Å². The molecule has 1 unspecified atom stereocenters. The Bertz CT molecular complexity index is 469. The first kappa shape index (κ1) is 15.8. The van der Waals surface area contributed by atoms with Crippen LogP contribution in [0.5, 0.6) is 11.5 Å². The molecule has 5 heteroatoms. The summed E-state index contributed by atoms with van der Waals surface area (Å²) in [4.78, 5) is 2.20. The van der Waals surface area contributed by atoms with E-state index in [4.69, 9.17) is 14.2 Å². The fraction of sp³-hybridized carbons (Fsp3) is 0.500. The molecule has 0 bridgehead atoms. The van der Waals surface area contributed by atoms with E-state index >= 15 is 0 Å². The first-order chi connectivity index (χ1) is 10.2. The third-order valence-electron chi connectivity index (χ3n) is 3.49. The number of methoxy groups -OCH3 is 2. The molecule has 1 saturated heterocycles. The summed E-state index contributed by atoms with van der Waals surface area (Å²) in [6.07, 6.45) is 3.17. The van der Waals surface area contributed by atoms with E-state index in [1.54, 1.807) is 20.3 Å². The number of hydrogen-bond acceptors (Lipinski definition) is 5. The standard InChI is InChI=1S/C16H23NO4/c1-19-15-6-4-13(16(11-15)20-2)3-5-14(18)12-17-7-9-21-10-8-17/h3-6,11,14,18H,7-10,12H2,1-2H3/b5-3+. The summed E-state index contributed by atoms with van der Waals surface area (Å²) in [6.45, 7) is 3.84. The molecule has 1 heterocycles. The smallest absolute Gasteiger partial charge is 0.129 e. The lowest BCUT2D eigenvalue weighted by Crippen LogP contribution is -2.40. The van der Waals surface area contributed by atoms with Crippen molar-refractivity contribution in [2.45, 2.75) is 6.10 Å². The highest BCUT2D eigenvalue weighted by Gasteiger charge is 2.13. The normalized spacial score (nSPS) is 17.9. The first-order valence-corrected chi connectivity index (χ1v) is 7.11. The number of benzene rings is 1. The summed E-state index contributed by atoms with van der Waals surface area (Å²) in [5.41, 5.74) is 0.916. The first-order valence-electron chi connectivity index (χ1n) is 7.11. The summed E-state index contributed by atoms with van der Waals surface area (Å²) in [6, 6.07) is 5.61. The zero-order valence-electron chi connectivity index (χ0n) is 12.6. The van der Waals surface area contributed by atoms with Crippen LogP contribution in [0.1, 0.15) is 5.56 Å². The summed E-state index contributed by atoms with van der Waals surface area (Å²) in [5.74, 6) is 1.47. The molecule has 5 nitrogen and oxygen atoms in total. The number of aliphatic hydroxyl groups excluding tert-OH is 1. The van der Waals surface area contributed by atoms with Crippen LogP contribution in [0.15, 0.2) is 24.3 Å². The predicted molar refractivity (Wildman–Crippen MR) is 81.8 cm³/mol. The van der Waals surface area contributed by atoms with Gasteiger partial charge < -0.3 is 19.3 Å². The molecule has 0 radical (unpaired) electrons. The van der Waals surface area contributed by atoms with Crippen molar-refractivity contribution in [1.82, 2.24) is 4.90 Å². The number of aliphatic hydroxyl groups is 1. The highest BCUT2D eigenvalue weighted by Crippen LogP contribution is 2.25. The molecule has 21 heavy (non-hydrogen) atoms. The van der Waals surface area contributed by atoms with Gasteiger partial charge >= 0.3 is 0 Å². The minimum absolute atomic E-state index is 0.505. The molecule has 1 N–H and O–H groups in total. The topological polar surface area (TPSA) is 51.2 Å². The SMILES string of the molecule is COc1ccc(/C=C/C(O)CN2CCOCC2)c(OC)c1. The average Bonchev–Trinajstić information content (AvgIpc) is 2.53. The Morgan fingerprint density at radius 3 is 2.71 bits per heavy atom. The van der Waals surface area contributed by atoms with Gasteiger partial charge in [-0.2, -0.15) is 0 Å². The Morgan fingerprint density at radius 2 is 2.05 bits per heavy atom. The molecule has 1 aromatic rings. The van der Waals surface area contributed by atoms with E-state index in [2.05, 4.69) is 4.90 Å². The van der Waals surface area contributed by atoms with E-state index in [0.29, 0.717) is 6.54 Å². The average molecular weight is 293 g/mol.